The molecule has 0 radical (unpaired) electrons. The number of unbranched alkanes of at least 4 members (excludes halogenated alkanes) is 1. The number of amides is 1. The molecule has 0 spiro atoms. The zero-order chi connectivity index (χ0) is 19.0. The van der Waals surface area contributed by atoms with Gasteiger partial charge in [0.25, 0.3) is 5.91 Å². The van der Waals surface area contributed by atoms with Crippen LogP contribution >= 0.6 is 0 Å². The first-order valence-corrected chi connectivity index (χ1v) is 9.89. The van der Waals surface area contributed by atoms with Crippen molar-refractivity contribution in [3.05, 3.63) is 29.8 Å². The summed E-state index contributed by atoms with van der Waals surface area (Å²) in [4.78, 5) is 12.2. The fourth-order valence-electron chi connectivity index (χ4n) is 2.58. The van der Waals surface area contributed by atoms with Gasteiger partial charge in [-0.3, -0.25) is 4.79 Å². The smallest absolute Gasteiger partial charge is 0.251 e. The molecule has 0 aromatic heterocycles. The Kier molecular flexibility index (Phi) is 12.5. The van der Waals surface area contributed by atoms with Gasteiger partial charge in [-0.25, -0.2) is 0 Å². The van der Waals surface area contributed by atoms with Crippen LogP contribution in [0.25, 0.3) is 0 Å². The van der Waals surface area contributed by atoms with Gasteiger partial charge in [-0.1, -0.05) is 6.07 Å². The van der Waals surface area contributed by atoms with Crippen molar-refractivity contribution < 1.29 is 4.79 Å². The Hall–Kier alpha value is -1.63. The summed E-state index contributed by atoms with van der Waals surface area (Å²) >= 11 is 0. The fraction of sp³-hybridized carbons (Fsp3) is 0.650. The van der Waals surface area contributed by atoms with Gasteiger partial charge in [0.05, 0.1) is 0 Å². The van der Waals surface area contributed by atoms with Crippen LogP contribution in [0.15, 0.2) is 24.3 Å². The maximum Gasteiger partial charge on any atom is 0.251 e. The third-order valence-electron chi connectivity index (χ3n) is 3.91. The quantitative estimate of drug-likeness (QED) is 0.307. The van der Waals surface area contributed by atoms with Gasteiger partial charge in [0, 0.05) is 23.8 Å². The van der Waals surface area contributed by atoms with E-state index < -0.39 is 0 Å². The number of carbonyl (C=O) groups is 1. The molecule has 0 heterocycles. The van der Waals surface area contributed by atoms with E-state index in [-0.39, 0.29) is 5.91 Å². The number of rotatable bonds is 15. The normalized spacial score (nSPS) is 10.9. The Morgan fingerprint density at radius 3 is 2.27 bits per heavy atom. The standard InChI is InChI=1S/C20H37N5O/c1-17(2)25-19-9-5-8-18(16-19)20(26)24-15-7-14-23-12-4-3-11-22-13-6-10-21/h5,8-9,16-17,22-23,25H,3-4,6-7,10-15,21H2,1-2H3,(H,24,26). The van der Waals surface area contributed by atoms with E-state index >= 15 is 0 Å². The summed E-state index contributed by atoms with van der Waals surface area (Å²) in [5.74, 6) is -0.0130. The molecule has 1 aromatic rings. The molecule has 1 amide bonds. The molecule has 6 N–H and O–H groups in total. The molecule has 0 saturated heterocycles. The first kappa shape index (κ1) is 22.4. The van der Waals surface area contributed by atoms with E-state index in [1.165, 1.54) is 6.42 Å². The molecule has 26 heavy (non-hydrogen) atoms. The van der Waals surface area contributed by atoms with Crippen LogP contribution in [0.1, 0.15) is 49.9 Å². The fourth-order valence-corrected chi connectivity index (χ4v) is 2.58. The van der Waals surface area contributed by atoms with Gasteiger partial charge in [-0.2, -0.15) is 0 Å². The number of carbonyl (C=O) groups excluding carboxylic acids is 1. The summed E-state index contributed by atoms with van der Waals surface area (Å²) in [7, 11) is 0. The summed E-state index contributed by atoms with van der Waals surface area (Å²) in [5, 5.41) is 13.1. The van der Waals surface area contributed by atoms with E-state index in [4.69, 9.17) is 5.73 Å². The predicted molar refractivity (Wildman–Crippen MR) is 111 cm³/mol. The molecule has 0 atom stereocenters. The zero-order valence-electron chi connectivity index (χ0n) is 16.4. The number of benzene rings is 1. The predicted octanol–water partition coefficient (Wildman–Crippen LogP) is 1.94. The topological polar surface area (TPSA) is 91.2 Å². The van der Waals surface area contributed by atoms with Crippen molar-refractivity contribution >= 4 is 11.6 Å². The van der Waals surface area contributed by atoms with Crippen molar-refractivity contribution in [3.63, 3.8) is 0 Å². The van der Waals surface area contributed by atoms with E-state index in [1.54, 1.807) is 0 Å². The van der Waals surface area contributed by atoms with E-state index in [0.717, 1.165) is 57.7 Å². The molecular formula is C20H37N5O. The lowest BCUT2D eigenvalue weighted by atomic mass is 10.1. The van der Waals surface area contributed by atoms with Gasteiger partial charge < -0.3 is 27.0 Å². The third-order valence-corrected chi connectivity index (χ3v) is 3.91. The molecule has 0 saturated carbocycles. The van der Waals surface area contributed by atoms with Gasteiger partial charge in [0.2, 0.25) is 0 Å². The summed E-state index contributed by atoms with van der Waals surface area (Å²) in [6.45, 7) is 9.63. The second-order valence-corrected chi connectivity index (χ2v) is 6.84. The van der Waals surface area contributed by atoms with Crippen molar-refractivity contribution in [3.8, 4) is 0 Å². The molecule has 0 bridgehead atoms. The number of hydrogen-bond acceptors (Lipinski definition) is 5. The molecule has 6 heteroatoms. The Bertz CT molecular complexity index is 493. The monoisotopic (exact) mass is 363 g/mol. The van der Waals surface area contributed by atoms with Crippen LogP contribution in [-0.4, -0.2) is 51.2 Å². The Morgan fingerprint density at radius 1 is 0.962 bits per heavy atom. The molecule has 0 aliphatic heterocycles. The molecule has 1 rings (SSSR count). The summed E-state index contributed by atoms with van der Waals surface area (Å²) < 4.78 is 0. The van der Waals surface area contributed by atoms with Crippen LogP contribution in [0, 0.1) is 0 Å². The average Bonchev–Trinajstić information content (AvgIpc) is 2.62. The van der Waals surface area contributed by atoms with Gasteiger partial charge in [-0.15, -0.1) is 0 Å². The first-order chi connectivity index (χ1) is 12.6. The zero-order valence-corrected chi connectivity index (χ0v) is 16.4. The van der Waals surface area contributed by atoms with E-state index in [0.29, 0.717) is 18.2 Å². The van der Waals surface area contributed by atoms with E-state index in [1.807, 2.05) is 24.3 Å². The van der Waals surface area contributed by atoms with Gasteiger partial charge >= 0.3 is 0 Å². The molecule has 0 aliphatic rings. The largest absolute Gasteiger partial charge is 0.383 e. The van der Waals surface area contributed by atoms with Crippen molar-refractivity contribution in [2.24, 2.45) is 5.73 Å². The van der Waals surface area contributed by atoms with Crippen molar-refractivity contribution in [1.29, 1.82) is 0 Å². The van der Waals surface area contributed by atoms with E-state index in [2.05, 4.69) is 35.1 Å². The SMILES string of the molecule is CC(C)Nc1cccc(C(=O)NCCCNCCCCNCCCN)c1. The highest BCUT2D eigenvalue weighted by Gasteiger charge is 2.05. The van der Waals surface area contributed by atoms with Crippen molar-refractivity contribution in [2.75, 3.05) is 44.6 Å². The van der Waals surface area contributed by atoms with Crippen LogP contribution in [0.5, 0.6) is 0 Å². The minimum absolute atomic E-state index is 0.0130. The first-order valence-electron chi connectivity index (χ1n) is 9.89. The highest BCUT2D eigenvalue weighted by atomic mass is 16.1. The summed E-state index contributed by atoms with van der Waals surface area (Å²) in [6.07, 6.45) is 4.32. The molecule has 0 aliphatic carbocycles. The summed E-state index contributed by atoms with van der Waals surface area (Å²) in [6, 6.07) is 7.98. The lowest BCUT2D eigenvalue weighted by Crippen LogP contribution is -2.28. The van der Waals surface area contributed by atoms with Gasteiger partial charge in [0.15, 0.2) is 0 Å². The number of hydrogen-bond donors (Lipinski definition) is 5. The maximum atomic E-state index is 12.2. The highest BCUT2D eigenvalue weighted by molar-refractivity contribution is 5.95. The number of nitrogens with one attached hydrogen (secondary N) is 4. The van der Waals surface area contributed by atoms with Crippen LogP contribution in [0.3, 0.4) is 0 Å². The van der Waals surface area contributed by atoms with Crippen LogP contribution in [0.2, 0.25) is 0 Å². The molecule has 148 valence electrons. The Labute approximate surface area is 158 Å². The molecule has 1 aromatic carbocycles. The Morgan fingerprint density at radius 2 is 1.62 bits per heavy atom. The minimum atomic E-state index is -0.0130. The lowest BCUT2D eigenvalue weighted by molar-refractivity contribution is 0.0953. The average molecular weight is 364 g/mol. The van der Waals surface area contributed by atoms with Crippen LogP contribution < -0.4 is 27.0 Å². The number of nitrogens with two attached hydrogens (primary N) is 1. The molecular weight excluding hydrogens is 326 g/mol. The third kappa shape index (κ3) is 11.1. The van der Waals surface area contributed by atoms with Crippen LogP contribution in [-0.2, 0) is 0 Å². The second kappa shape index (κ2) is 14.5. The number of anilines is 1. The maximum absolute atomic E-state index is 12.2. The van der Waals surface area contributed by atoms with Gasteiger partial charge in [-0.05, 0) is 90.5 Å². The Balaban J connectivity index is 2.03. The van der Waals surface area contributed by atoms with Crippen molar-refractivity contribution in [1.82, 2.24) is 16.0 Å². The highest BCUT2D eigenvalue weighted by Crippen LogP contribution is 2.11. The minimum Gasteiger partial charge on any atom is -0.383 e. The molecule has 6 nitrogen and oxygen atoms in total. The molecule has 0 fully saturated rings. The van der Waals surface area contributed by atoms with Gasteiger partial charge in [0.1, 0.15) is 0 Å². The molecule has 0 unspecified atom stereocenters. The van der Waals surface area contributed by atoms with Crippen molar-refractivity contribution in [2.45, 2.75) is 45.6 Å². The lowest BCUT2D eigenvalue weighted by Gasteiger charge is -2.11. The second-order valence-electron chi connectivity index (χ2n) is 6.84. The van der Waals surface area contributed by atoms with E-state index in [9.17, 15) is 4.79 Å². The van der Waals surface area contributed by atoms with Crippen LogP contribution in [0.4, 0.5) is 5.69 Å². The summed E-state index contributed by atoms with van der Waals surface area (Å²) in [5.41, 5.74) is 7.12.